The van der Waals surface area contributed by atoms with Crippen molar-refractivity contribution in [3.8, 4) is 0 Å². The fourth-order valence-electron chi connectivity index (χ4n) is 2.70. The molecule has 24 heavy (non-hydrogen) atoms. The fraction of sp³-hybridized carbons (Fsp3) is 0.211. The lowest BCUT2D eigenvalue weighted by Gasteiger charge is -2.15. The van der Waals surface area contributed by atoms with Gasteiger partial charge in [0, 0.05) is 33.7 Å². The number of carbonyl (C=O) groups is 1. The van der Waals surface area contributed by atoms with Crippen LogP contribution in [0, 0.1) is 0 Å². The Balaban J connectivity index is 0.00000208. The number of nitrogens with one attached hydrogen (secondary N) is 1. The predicted molar refractivity (Wildman–Crippen MR) is 105 cm³/mol. The highest BCUT2D eigenvalue weighted by molar-refractivity contribution is 9.10. The molecule has 3 aromatic rings. The number of hydrogen-bond acceptors (Lipinski definition) is 2. The molecule has 0 amide bonds. The minimum absolute atomic E-state index is 0. The number of nitrogens with zero attached hydrogens (tertiary/aromatic N) is 1. The second-order valence-electron chi connectivity index (χ2n) is 5.78. The number of H-pyrrole nitrogens is 1. The summed E-state index contributed by atoms with van der Waals surface area (Å²) in [5, 5.41) is 1.26. The average Bonchev–Trinajstić information content (AvgIpc) is 2.97. The number of Topliss-reactive ketones (excluding diaryl/α,β-unsaturated/α-hetero) is 1. The van der Waals surface area contributed by atoms with Gasteiger partial charge in [0.1, 0.15) is 0 Å². The predicted octanol–water partition coefficient (Wildman–Crippen LogP) is 4.71. The first-order chi connectivity index (χ1) is 11.1. The Bertz CT molecular complexity index is 814. The minimum Gasteiger partial charge on any atom is -0.361 e. The molecule has 5 heteroatoms. The maximum atomic E-state index is 12.3. The molecule has 0 aliphatic carbocycles. The normalized spacial score (nSPS) is 10.8. The molecule has 126 valence electrons. The molecule has 0 saturated carbocycles. The number of aromatic nitrogens is 1. The average molecular weight is 408 g/mol. The third kappa shape index (κ3) is 4.47. The molecule has 0 saturated heterocycles. The van der Waals surface area contributed by atoms with Crippen molar-refractivity contribution in [3.63, 3.8) is 0 Å². The molecule has 1 N–H and O–H groups in total. The molecule has 0 unspecified atom stereocenters. The number of para-hydroxylation sites is 1. The Morgan fingerprint density at radius 2 is 1.83 bits per heavy atom. The van der Waals surface area contributed by atoms with E-state index in [0.717, 1.165) is 28.5 Å². The van der Waals surface area contributed by atoms with Gasteiger partial charge in [-0.05, 0) is 37.2 Å². The van der Waals surface area contributed by atoms with Crippen molar-refractivity contribution in [2.24, 2.45) is 0 Å². The van der Waals surface area contributed by atoms with E-state index in [1.165, 1.54) is 10.9 Å². The molecular weight excluding hydrogens is 388 g/mol. The largest absolute Gasteiger partial charge is 0.361 e. The summed E-state index contributed by atoms with van der Waals surface area (Å²) < 4.78 is 0.988. The molecule has 3 rings (SSSR count). The van der Waals surface area contributed by atoms with E-state index in [2.05, 4.69) is 50.2 Å². The first-order valence-corrected chi connectivity index (χ1v) is 8.45. The second kappa shape index (κ2) is 8.47. The smallest absolute Gasteiger partial charge is 0.176 e. The number of halogens is 2. The van der Waals surface area contributed by atoms with Gasteiger partial charge in [-0.25, -0.2) is 0 Å². The van der Waals surface area contributed by atoms with E-state index < -0.39 is 0 Å². The maximum Gasteiger partial charge on any atom is 0.176 e. The lowest BCUT2D eigenvalue weighted by atomic mass is 10.1. The van der Waals surface area contributed by atoms with Crippen molar-refractivity contribution in [1.82, 2.24) is 9.88 Å². The van der Waals surface area contributed by atoms with Gasteiger partial charge in [0.15, 0.2) is 5.78 Å². The highest BCUT2D eigenvalue weighted by Gasteiger charge is 2.10. The first kappa shape index (κ1) is 18.7. The summed E-state index contributed by atoms with van der Waals surface area (Å²) in [6.07, 6.45) is 2.99. The molecule has 0 fully saturated rings. The van der Waals surface area contributed by atoms with Crippen molar-refractivity contribution in [2.45, 2.75) is 6.42 Å². The first-order valence-electron chi connectivity index (χ1n) is 7.66. The Kier molecular flexibility index (Phi) is 6.60. The van der Waals surface area contributed by atoms with Gasteiger partial charge in [-0.15, -0.1) is 12.4 Å². The van der Waals surface area contributed by atoms with Crippen molar-refractivity contribution in [2.75, 3.05) is 20.1 Å². The van der Waals surface area contributed by atoms with E-state index >= 15 is 0 Å². The summed E-state index contributed by atoms with van der Waals surface area (Å²) >= 11 is 3.39. The van der Waals surface area contributed by atoms with Gasteiger partial charge in [0.05, 0.1) is 6.54 Å². The SMILES string of the molecule is CN(CCc1c[nH]c2ccccc12)CC(=O)c1ccc(Br)cc1.Cl. The standard InChI is InChI=1S/C19H19BrN2O.ClH/c1-22(13-19(23)14-6-8-16(20)9-7-14)11-10-15-12-21-18-5-3-2-4-17(15)18;/h2-9,12,21H,10-11,13H2,1H3;1H. The van der Waals surface area contributed by atoms with E-state index in [1.54, 1.807) is 0 Å². The monoisotopic (exact) mass is 406 g/mol. The van der Waals surface area contributed by atoms with E-state index in [1.807, 2.05) is 37.4 Å². The zero-order valence-corrected chi connectivity index (χ0v) is 15.9. The van der Waals surface area contributed by atoms with Crippen LogP contribution in [0.1, 0.15) is 15.9 Å². The van der Waals surface area contributed by atoms with Gasteiger partial charge in [0.25, 0.3) is 0 Å². The van der Waals surface area contributed by atoms with Gasteiger partial charge in [-0.2, -0.15) is 0 Å². The summed E-state index contributed by atoms with van der Waals surface area (Å²) in [6.45, 7) is 1.29. The van der Waals surface area contributed by atoms with Crippen LogP contribution in [0.4, 0.5) is 0 Å². The van der Waals surface area contributed by atoms with Crippen molar-refractivity contribution < 1.29 is 4.79 Å². The van der Waals surface area contributed by atoms with E-state index in [-0.39, 0.29) is 18.2 Å². The highest BCUT2D eigenvalue weighted by atomic mass is 79.9. The number of hydrogen-bond donors (Lipinski definition) is 1. The zero-order chi connectivity index (χ0) is 16.2. The van der Waals surface area contributed by atoms with Crippen LogP contribution in [0.2, 0.25) is 0 Å². The minimum atomic E-state index is 0. The number of rotatable bonds is 6. The molecule has 0 atom stereocenters. The number of benzene rings is 2. The number of fused-ring (bicyclic) bond motifs is 1. The van der Waals surface area contributed by atoms with Crippen LogP contribution in [-0.4, -0.2) is 35.8 Å². The Morgan fingerprint density at radius 3 is 2.58 bits per heavy atom. The molecule has 2 aromatic carbocycles. The Morgan fingerprint density at radius 1 is 1.12 bits per heavy atom. The van der Waals surface area contributed by atoms with Gasteiger partial charge in [-0.3, -0.25) is 9.69 Å². The van der Waals surface area contributed by atoms with Crippen LogP contribution in [0.25, 0.3) is 10.9 Å². The number of aromatic amines is 1. The van der Waals surface area contributed by atoms with Gasteiger partial charge in [0.2, 0.25) is 0 Å². The fourth-order valence-corrected chi connectivity index (χ4v) is 2.97. The molecule has 0 spiro atoms. The van der Waals surface area contributed by atoms with Gasteiger partial charge < -0.3 is 4.98 Å². The van der Waals surface area contributed by atoms with Gasteiger partial charge in [-0.1, -0.05) is 46.3 Å². The molecule has 0 aliphatic heterocycles. The van der Waals surface area contributed by atoms with Crippen LogP contribution in [-0.2, 0) is 6.42 Å². The summed E-state index contributed by atoms with van der Waals surface area (Å²) in [6, 6.07) is 15.8. The lowest BCUT2D eigenvalue weighted by molar-refractivity contribution is 0.0947. The Hall–Kier alpha value is -1.62. The topological polar surface area (TPSA) is 36.1 Å². The molecule has 0 radical (unpaired) electrons. The summed E-state index contributed by atoms with van der Waals surface area (Å²) in [4.78, 5) is 17.6. The number of likely N-dealkylation sites (N-methyl/N-ethyl adjacent to an activating group) is 1. The summed E-state index contributed by atoms with van der Waals surface area (Å²) in [5.74, 6) is 0.152. The molecule has 0 bridgehead atoms. The van der Waals surface area contributed by atoms with Crippen molar-refractivity contribution in [3.05, 3.63) is 70.3 Å². The highest BCUT2D eigenvalue weighted by Crippen LogP contribution is 2.18. The van der Waals surface area contributed by atoms with Crippen molar-refractivity contribution >= 4 is 45.0 Å². The third-order valence-electron chi connectivity index (χ3n) is 4.02. The van der Waals surface area contributed by atoms with Crippen molar-refractivity contribution in [1.29, 1.82) is 0 Å². The van der Waals surface area contributed by atoms with E-state index in [4.69, 9.17) is 0 Å². The van der Waals surface area contributed by atoms with Crippen LogP contribution in [0.5, 0.6) is 0 Å². The number of ketones is 1. The van der Waals surface area contributed by atoms with Gasteiger partial charge >= 0.3 is 0 Å². The number of carbonyl (C=O) groups excluding carboxylic acids is 1. The molecule has 3 nitrogen and oxygen atoms in total. The molecule has 1 aromatic heterocycles. The van der Waals surface area contributed by atoms with E-state index in [9.17, 15) is 4.79 Å². The quantitative estimate of drug-likeness (QED) is 0.601. The van der Waals surface area contributed by atoms with Crippen LogP contribution < -0.4 is 0 Å². The van der Waals surface area contributed by atoms with Crippen LogP contribution >= 0.6 is 28.3 Å². The third-order valence-corrected chi connectivity index (χ3v) is 4.55. The zero-order valence-electron chi connectivity index (χ0n) is 13.5. The van der Waals surface area contributed by atoms with Crippen LogP contribution in [0.15, 0.2) is 59.2 Å². The molecule has 0 aliphatic rings. The molecular formula is C19H20BrClN2O. The lowest BCUT2D eigenvalue weighted by Crippen LogP contribution is -2.28. The van der Waals surface area contributed by atoms with Crippen LogP contribution in [0.3, 0.4) is 0 Å². The summed E-state index contributed by atoms with van der Waals surface area (Å²) in [7, 11) is 1.99. The second-order valence-corrected chi connectivity index (χ2v) is 6.69. The Labute approximate surface area is 156 Å². The summed E-state index contributed by atoms with van der Waals surface area (Å²) in [5.41, 5.74) is 3.21. The molecule has 1 heterocycles. The van der Waals surface area contributed by atoms with E-state index in [0.29, 0.717) is 6.54 Å². The maximum absolute atomic E-state index is 12.3.